The van der Waals surface area contributed by atoms with Gasteiger partial charge in [-0.1, -0.05) is 42.5 Å². The van der Waals surface area contributed by atoms with Crippen molar-refractivity contribution in [3.8, 4) is 5.75 Å². The van der Waals surface area contributed by atoms with Crippen LogP contribution in [0.15, 0.2) is 54.6 Å². The van der Waals surface area contributed by atoms with Gasteiger partial charge in [0.25, 0.3) is 0 Å². The van der Waals surface area contributed by atoms with E-state index >= 15 is 0 Å². The molecule has 0 amide bonds. The van der Waals surface area contributed by atoms with E-state index in [1.54, 1.807) is 7.11 Å². The van der Waals surface area contributed by atoms with Gasteiger partial charge in [0.05, 0.1) is 20.3 Å². The van der Waals surface area contributed by atoms with Crippen LogP contribution in [0.1, 0.15) is 24.2 Å². The van der Waals surface area contributed by atoms with E-state index in [-0.39, 0.29) is 17.9 Å². The maximum atomic E-state index is 5.98. The van der Waals surface area contributed by atoms with Gasteiger partial charge in [-0.3, -0.25) is 0 Å². The van der Waals surface area contributed by atoms with Crippen LogP contribution in [0, 0.1) is 11.8 Å². The lowest BCUT2D eigenvalue weighted by Gasteiger charge is -2.44. The molecule has 4 atom stereocenters. The number of methoxy groups -OCH3 is 1. The van der Waals surface area contributed by atoms with E-state index < -0.39 is 5.60 Å². The van der Waals surface area contributed by atoms with Crippen molar-refractivity contribution in [2.75, 3.05) is 20.3 Å². The summed E-state index contributed by atoms with van der Waals surface area (Å²) in [5.41, 5.74) is 1.72. The Hall–Kier alpha value is -1.88. The summed E-state index contributed by atoms with van der Waals surface area (Å²) >= 11 is 0. The van der Waals surface area contributed by atoms with Crippen molar-refractivity contribution in [3.05, 3.63) is 65.7 Å². The summed E-state index contributed by atoms with van der Waals surface area (Å²) < 4.78 is 11.1. The van der Waals surface area contributed by atoms with Crippen LogP contribution in [0.25, 0.3) is 0 Å². The summed E-state index contributed by atoms with van der Waals surface area (Å²) in [6, 6.07) is 18.2. The minimum atomic E-state index is -0.495. The first kappa shape index (κ1) is 15.6. The lowest BCUT2D eigenvalue weighted by atomic mass is 9.73. The topological polar surface area (TPSA) is 36.9 Å². The normalized spacial score (nSPS) is 32.3. The highest BCUT2D eigenvalue weighted by atomic mass is 17.2. The minimum absolute atomic E-state index is 0.125. The molecule has 2 aliphatic rings. The molecule has 0 saturated carbocycles. The molecule has 0 unspecified atom stereocenters. The average Bonchev–Trinajstić information content (AvgIpc) is 3.14. The van der Waals surface area contributed by atoms with Crippen LogP contribution in [-0.2, 0) is 20.1 Å². The van der Waals surface area contributed by atoms with Crippen LogP contribution in [0.3, 0.4) is 0 Å². The highest BCUT2D eigenvalue weighted by Gasteiger charge is 2.53. The highest BCUT2D eigenvalue weighted by Crippen LogP contribution is 2.51. The third-order valence-corrected chi connectivity index (χ3v) is 5.34. The van der Waals surface area contributed by atoms with Gasteiger partial charge in [0, 0.05) is 11.8 Å². The molecule has 2 heterocycles. The van der Waals surface area contributed by atoms with Crippen molar-refractivity contribution in [1.29, 1.82) is 0 Å². The van der Waals surface area contributed by atoms with E-state index in [4.69, 9.17) is 19.2 Å². The van der Waals surface area contributed by atoms with Crippen molar-refractivity contribution in [3.63, 3.8) is 0 Å². The Morgan fingerprint density at radius 2 is 1.75 bits per heavy atom. The second kappa shape index (κ2) is 6.20. The van der Waals surface area contributed by atoms with E-state index in [2.05, 4.69) is 19.1 Å². The first-order valence-corrected chi connectivity index (χ1v) is 8.34. The summed E-state index contributed by atoms with van der Waals surface area (Å²) in [4.78, 5) is 11.9. The van der Waals surface area contributed by atoms with Gasteiger partial charge in [-0.2, -0.15) is 0 Å². The molecule has 2 aromatic rings. The van der Waals surface area contributed by atoms with Crippen LogP contribution in [0.4, 0.5) is 0 Å². The molecule has 0 spiro atoms. The van der Waals surface area contributed by atoms with Gasteiger partial charge in [0.15, 0.2) is 0 Å². The number of fused-ring (bicyclic) bond motifs is 1. The van der Waals surface area contributed by atoms with Gasteiger partial charge in [0.2, 0.25) is 0 Å². The Kier molecular flexibility index (Phi) is 4.04. The monoisotopic (exact) mass is 326 g/mol. The van der Waals surface area contributed by atoms with Crippen LogP contribution in [0.2, 0.25) is 0 Å². The maximum absolute atomic E-state index is 5.98. The lowest BCUT2D eigenvalue weighted by Crippen LogP contribution is -2.46. The predicted molar refractivity (Wildman–Crippen MR) is 89.5 cm³/mol. The summed E-state index contributed by atoms with van der Waals surface area (Å²) in [7, 11) is 1.67. The maximum Gasteiger partial charge on any atom is 0.131 e. The Morgan fingerprint density at radius 3 is 2.46 bits per heavy atom. The van der Waals surface area contributed by atoms with Gasteiger partial charge in [0.1, 0.15) is 17.5 Å². The third kappa shape index (κ3) is 2.51. The second-order valence-corrected chi connectivity index (χ2v) is 6.65. The third-order valence-electron chi connectivity index (χ3n) is 5.34. The lowest BCUT2D eigenvalue weighted by molar-refractivity contribution is -0.438. The number of rotatable bonds is 3. The smallest absolute Gasteiger partial charge is 0.131 e. The first-order chi connectivity index (χ1) is 11.7. The van der Waals surface area contributed by atoms with Crippen LogP contribution >= 0.6 is 0 Å². The van der Waals surface area contributed by atoms with E-state index in [0.29, 0.717) is 13.2 Å². The Morgan fingerprint density at radius 1 is 1.00 bits per heavy atom. The zero-order chi connectivity index (χ0) is 16.6. The molecule has 0 bridgehead atoms. The van der Waals surface area contributed by atoms with Gasteiger partial charge in [-0.15, -0.1) is 0 Å². The van der Waals surface area contributed by atoms with Gasteiger partial charge < -0.3 is 9.47 Å². The number of hydrogen-bond donors (Lipinski definition) is 0. The molecule has 4 rings (SSSR count). The van der Waals surface area contributed by atoms with Crippen molar-refractivity contribution in [2.24, 2.45) is 11.8 Å². The molecule has 2 saturated heterocycles. The van der Waals surface area contributed by atoms with Crippen LogP contribution in [-0.4, -0.2) is 20.3 Å². The van der Waals surface area contributed by atoms with Gasteiger partial charge in [-0.05, 0) is 30.2 Å². The molecule has 4 heteroatoms. The van der Waals surface area contributed by atoms with E-state index in [9.17, 15) is 0 Å². The molecule has 0 radical (unpaired) electrons. The molecule has 24 heavy (non-hydrogen) atoms. The summed E-state index contributed by atoms with van der Waals surface area (Å²) in [6.45, 7) is 3.47. The van der Waals surface area contributed by atoms with Crippen molar-refractivity contribution in [1.82, 2.24) is 0 Å². The molecule has 2 aliphatic heterocycles. The molecular weight excluding hydrogens is 304 g/mol. The largest absolute Gasteiger partial charge is 0.497 e. The average molecular weight is 326 g/mol. The fourth-order valence-corrected chi connectivity index (χ4v) is 3.85. The highest BCUT2D eigenvalue weighted by molar-refractivity contribution is 5.30. The zero-order valence-electron chi connectivity index (χ0n) is 14.0. The Labute approximate surface area is 142 Å². The number of benzene rings is 2. The van der Waals surface area contributed by atoms with Gasteiger partial charge in [-0.25, -0.2) is 9.78 Å². The minimum Gasteiger partial charge on any atom is -0.497 e. The van der Waals surface area contributed by atoms with E-state index in [0.717, 1.165) is 16.9 Å². The van der Waals surface area contributed by atoms with Gasteiger partial charge >= 0.3 is 0 Å². The zero-order valence-corrected chi connectivity index (χ0v) is 14.0. The SMILES string of the molecule is COc1ccc([C@H]2OO[C@@](C)(c3ccccc3)[C@H]3COC[C@H]23)cc1. The number of ether oxygens (including phenoxy) is 2. The molecule has 2 fully saturated rings. The molecule has 0 N–H and O–H groups in total. The summed E-state index contributed by atoms with van der Waals surface area (Å²) in [5, 5.41) is 0. The van der Waals surface area contributed by atoms with E-state index in [1.165, 1.54) is 0 Å². The first-order valence-electron chi connectivity index (χ1n) is 8.34. The van der Waals surface area contributed by atoms with Crippen LogP contribution in [0.5, 0.6) is 5.75 Å². The molecule has 2 aromatic carbocycles. The quantitative estimate of drug-likeness (QED) is 0.802. The fraction of sp³-hybridized carbons (Fsp3) is 0.400. The molecule has 126 valence electrons. The molecule has 4 nitrogen and oxygen atoms in total. The second-order valence-electron chi connectivity index (χ2n) is 6.65. The van der Waals surface area contributed by atoms with Crippen molar-refractivity contribution >= 4 is 0 Å². The fourth-order valence-electron chi connectivity index (χ4n) is 3.85. The standard InChI is InChI=1S/C20H22O4/c1-20(15-6-4-3-5-7-15)18-13-22-12-17(18)19(23-24-20)14-8-10-16(21-2)11-9-14/h3-11,17-19H,12-13H2,1-2H3/t17-,18-,19+,20-/m0/s1. The van der Waals surface area contributed by atoms with Crippen LogP contribution < -0.4 is 4.74 Å². The predicted octanol–water partition coefficient (Wildman–Crippen LogP) is 3.88. The van der Waals surface area contributed by atoms with E-state index in [1.807, 2.05) is 42.5 Å². The Balaban J connectivity index is 1.64. The van der Waals surface area contributed by atoms with Crippen molar-refractivity contribution < 1.29 is 19.2 Å². The molecule has 0 aromatic heterocycles. The van der Waals surface area contributed by atoms with Crippen molar-refractivity contribution in [2.45, 2.75) is 18.6 Å². The molecule has 0 aliphatic carbocycles. The number of hydrogen-bond acceptors (Lipinski definition) is 4. The summed E-state index contributed by atoms with van der Waals surface area (Å²) in [5.74, 6) is 1.35. The Bertz CT molecular complexity index is 685. The molecular formula is C20H22O4. The summed E-state index contributed by atoms with van der Waals surface area (Å²) in [6.07, 6.45) is -0.125.